The minimum Gasteiger partial charge on any atom is -0.482 e. The molecule has 0 radical (unpaired) electrons. The van der Waals surface area contributed by atoms with Crippen LogP contribution in [0.5, 0.6) is 5.75 Å². The lowest BCUT2D eigenvalue weighted by atomic mass is 10.3. The highest BCUT2D eigenvalue weighted by atomic mass is 16.5. The Hall–Kier alpha value is -2.12. The smallest absolute Gasteiger partial charge is 0.341 e. The van der Waals surface area contributed by atoms with Gasteiger partial charge in [-0.2, -0.15) is 0 Å². The minimum absolute atomic E-state index is 0.0798. The molecule has 1 aromatic carbocycles. The van der Waals surface area contributed by atoms with E-state index in [0.29, 0.717) is 24.7 Å². The lowest BCUT2D eigenvalue weighted by Crippen LogP contribution is -2.19. The Balaban J connectivity index is 2.40. The Morgan fingerprint density at radius 2 is 2.05 bits per heavy atom. The van der Waals surface area contributed by atoms with E-state index in [9.17, 15) is 9.59 Å². The molecule has 0 unspecified atom stereocenters. The van der Waals surface area contributed by atoms with Crippen LogP contribution in [0.1, 0.15) is 0 Å². The highest BCUT2D eigenvalue weighted by Gasteiger charge is 2.04. The Bertz CT molecular complexity index is 448. The van der Waals surface area contributed by atoms with E-state index in [1.165, 1.54) is 6.07 Å². The maximum absolute atomic E-state index is 11.5. The third-order valence-electron chi connectivity index (χ3n) is 2.15. The van der Waals surface area contributed by atoms with Gasteiger partial charge in [0.05, 0.1) is 13.2 Å². The van der Waals surface area contributed by atoms with E-state index in [4.69, 9.17) is 19.3 Å². The van der Waals surface area contributed by atoms with Gasteiger partial charge in [0.25, 0.3) is 0 Å². The number of aliphatic carboxylic acids is 1. The number of nitrogens with one attached hydrogen (secondary N) is 1. The third kappa shape index (κ3) is 6.72. The monoisotopic (exact) mass is 283 g/mol. The number of rotatable bonds is 9. The first-order valence-corrected chi connectivity index (χ1v) is 5.93. The van der Waals surface area contributed by atoms with Gasteiger partial charge < -0.3 is 24.6 Å². The Morgan fingerprint density at radius 3 is 2.75 bits per heavy atom. The second-order valence-electron chi connectivity index (χ2n) is 3.80. The first-order valence-electron chi connectivity index (χ1n) is 5.93. The van der Waals surface area contributed by atoms with E-state index in [0.717, 1.165) is 0 Å². The zero-order chi connectivity index (χ0) is 14.8. The molecule has 0 saturated heterocycles. The fourth-order valence-electron chi connectivity index (χ4n) is 1.31. The fraction of sp³-hybridized carbons (Fsp3) is 0.385. The summed E-state index contributed by atoms with van der Waals surface area (Å²) in [7, 11) is 1.55. The zero-order valence-electron chi connectivity index (χ0n) is 11.1. The van der Waals surface area contributed by atoms with Gasteiger partial charge >= 0.3 is 5.97 Å². The maximum Gasteiger partial charge on any atom is 0.341 e. The van der Waals surface area contributed by atoms with E-state index in [2.05, 4.69) is 5.32 Å². The summed E-state index contributed by atoms with van der Waals surface area (Å²) in [5, 5.41) is 11.1. The lowest BCUT2D eigenvalue weighted by Gasteiger charge is -2.08. The molecule has 110 valence electrons. The van der Waals surface area contributed by atoms with Gasteiger partial charge in [0.1, 0.15) is 12.4 Å². The Morgan fingerprint density at radius 1 is 1.25 bits per heavy atom. The van der Waals surface area contributed by atoms with Crippen molar-refractivity contribution in [3.63, 3.8) is 0 Å². The van der Waals surface area contributed by atoms with Crippen LogP contribution in [0.3, 0.4) is 0 Å². The van der Waals surface area contributed by atoms with Crippen LogP contribution in [0.25, 0.3) is 0 Å². The molecule has 7 heteroatoms. The van der Waals surface area contributed by atoms with Crippen molar-refractivity contribution in [3.05, 3.63) is 24.3 Å². The van der Waals surface area contributed by atoms with Crippen molar-refractivity contribution in [1.82, 2.24) is 0 Å². The predicted octanol–water partition coefficient (Wildman–Crippen LogP) is 0.751. The van der Waals surface area contributed by atoms with Gasteiger partial charge in [-0.15, -0.1) is 0 Å². The molecule has 0 aliphatic carbocycles. The molecule has 1 amide bonds. The summed E-state index contributed by atoms with van der Waals surface area (Å²) in [5.41, 5.74) is 0.508. The Kier molecular flexibility index (Phi) is 7.08. The highest BCUT2D eigenvalue weighted by Crippen LogP contribution is 2.17. The fourth-order valence-corrected chi connectivity index (χ4v) is 1.31. The molecule has 1 rings (SSSR count). The van der Waals surface area contributed by atoms with E-state index in [-0.39, 0.29) is 12.5 Å². The number of methoxy groups -OCH3 is 1. The summed E-state index contributed by atoms with van der Waals surface area (Å²) in [6.07, 6.45) is 0. The van der Waals surface area contributed by atoms with Gasteiger partial charge in [-0.1, -0.05) is 6.07 Å². The summed E-state index contributed by atoms with van der Waals surface area (Å²) in [4.78, 5) is 21.9. The molecule has 0 aromatic heterocycles. The molecule has 20 heavy (non-hydrogen) atoms. The maximum atomic E-state index is 11.5. The van der Waals surface area contributed by atoms with E-state index >= 15 is 0 Å². The predicted molar refractivity (Wildman–Crippen MR) is 70.9 cm³/mol. The second-order valence-corrected chi connectivity index (χ2v) is 3.80. The molecule has 0 atom stereocenters. The van der Waals surface area contributed by atoms with Crippen molar-refractivity contribution in [3.8, 4) is 5.75 Å². The SMILES string of the molecule is COCCOCC(=O)Nc1cccc(OCC(=O)O)c1. The second kappa shape index (κ2) is 8.89. The third-order valence-corrected chi connectivity index (χ3v) is 2.15. The standard InChI is InChI=1S/C13H17NO6/c1-18-5-6-19-8-12(15)14-10-3-2-4-11(7-10)20-9-13(16)17/h2-4,7H,5-6,8-9H2,1H3,(H,14,15)(H,16,17). The van der Waals surface area contributed by atoms with Crippen LogP contribution in [0.2, 0.25) is 0 Å². The normalized spacial score (nSPS) is 10.1. The van der Waals surface area contributed by atoms with Gasteiger partial charge in [0.15, 0.2) is 6.61 Å². The molecule has 0 spiro atoms. The molecule has 2 N–H and O–H groups in total. The number of hydrogen-bond donors (Lipinski definition) is 2. The van der Waals surface area contributed by atoms with Crippen LogP contribution in [0.4, 0.5) is 5.69 Å². The van der Waals surface area contributed by atoms with Crippen LogP contribution in [0, 0.1) is 0 Å². The van der Waals surface area contributed by atoms with Crippen molar-refractivity contribution in [2.24, 2.45) is 0 Å². The largest absolute Gasteiger partial charge is 0.482 e. The van der Waals surface area contributed by atoms with Gasteiger partial charge in [0.2, 0.25) is 5.91 Å². The number of amides is 1. The number of benzene rings is 1. The van der Waals surface area contributed by atoms with Gasteiger partial charge in [-0.25, -0.2) is 4.79 Å². The molecule has 0 bridgehead atoms. The summed E-state index contributed by atoms with van der Waals surface area (Å²) in [5.74, 6) is -1.01. The zero-order valence-corrected chi connectivity index (χ0v) is 11.1. The molecule has 0 aliphatic heterocycles. The molecular formula is C13H17NO6. The highest BCUT2D eigenvalue weighted by molar-refractivity contribution is 5.91. The molecule has 0 fully saturated rings. The van der Waals surface area contributed by atoms with Crippen LogP contribution in [-0.4, -0.2) is 50.5 Å². The number of anilines is 1. The van der Waals surface area contributed by atoms with E-state index in [1.807, 2.05) is 0 Å². The van der Waals surface area contributed by atoms with Gasteiger partial charge in [0, 0.05) is 18.9 Å². The van der Waals surface area contributed by atoms with Crippen molar-refractivity contribution >= 4 is 17.6 Å². The van der Waals surface area contributed by atoms with Crippen molar-refractivity contribution < 1.29 is 28.9 Å². The summed E-state index contributed by atoms with van der Waals surface area (Å²) in [6.45, 7) is 0.249. The number of hydrogen-bond acceptors (Lipinski definition) is 5. The van der Waals surface area contributed by atoms with Crippen LogP contribution in [0.15, 0.2) is 24.3 Å². The molecule has 7 nitrogen and oxygen atoms in total. The number of carboxylic acids is 1. The quantitative estimate of drug-likeness (QED) is 0.649. The first-order chi connectivity index (χ1) is 9.61. The molecular weight excluding hydrogens is 266 g/mol. The average molecular weight is 283 g/mol. The van der Waals surface area contributed by atoms with E-state index in [1.54, 1.807) is 25.3 Å². The van der Waals surface area contributed by atoms with E-state index < -0.39 is 12.6 Å². The van der Waals surface area contributed by atoms with Crippen LogP contribution < -0.4 is 10.1 Å². The number of carbonyl (C=O) groups excluding carboxylic acids is 1. The van der Waals surface area contributed by atoms with Crippen molar-refractivity contribution in [1.29, 1.82) is 0 Å². The van der Waals surface area contributed by atoms with Crippen molar-refractivity contribution in [2.45, 2.75) is 0 Å². The average Bonchev–Trinajstić information content (AvgIpc) is 2.42. The van der Waals surface area contributed by atoms with Crippen LogP contribution in [-0.2, 0) is 19.1 Å². The molecule has 0 saturated carbocycles. The number of ether oxygens (including phenoxy) is 3. The first kappa shape index (κ1) is 15.9. The van der Waals surface area contributed by atoms with Crippen molar-refractivity contribution in [2.75, 3.05) is 38.9 Å². The number of carbonyl (C=O) groups is 2. The summed E-state index contributed by atoms with van der Waals surface area (Å²) >= 11 is 0. The molecule has 0 heterocycles. The minimum atomic E-state index is -1.06. The summed E-state index contributed by atoms with van der Waals surface area (Å²) < 4.78 is 14.9. The Labute approximate surface area is 116 Å². The number of carboxylic acid groups (broad SMARTS) is 1. The van der Waals surface area contributed by atoms with Gasteiger partial charge in [-0.3, -0.25) is 4.79 Å². The van der Waals surface area contributed by atoms with Crippen LogP contribution >= 0.6 is 0 Å². The molecule has 0 aliphatic rings. The summed E-state index contributed by atoms with van der Waals surface area (Å²) in [6, 6.07) is 6.46. The lowest BCUT2D eigenvalue weighted by molar-refractivity contribution is -0.139. The topological polar surface area (TPSA) is 94.1 Å². The molecule has 1 aromatic rings. The van der Waals surface area contributed by atoms with Gasteiger partial charge in [-0.05, 0) is 12.1 Å².